The van der Waals surface area contributed by atoms with Gasteiger partial charge in [-0.05, 0) is 14.1 Å². The maximum Gasteiger partial charge on any atom is 1.00 e. The Morgan fingerprint density at radius 2 is 1.36 bits per heavy atom. The Labute approximate surface area is 98.4 Å². The molecule has 1 heterocycles. The Balaban J connectivity index is 0. The molecule has 0 unspecified atom stereocenters. The molecule has 0 aliphatic carbocycles. The van der Waals surface area contributed by atoms with Gasteiger partial charge in [0.2, 0.25) is 0 Å². The van der Waals surface area contributed by atoms with Gasteiger partial charge < -0.3 is 9.80 Å². The van der Waals surface area contributed by atoms with Gasteiger partial charge >= 0.3 is 22.4 Å². The van der Waals surface area contributed by atoms with Crippen LogP contribution in [-0.4, -0.2) is 23.9 Å². The summed E-state index contributed by atoms with van der Waals surface area (Å²) < 4.78 is 0. The van der Waals surface area contributed by atoms with E-state index in [2.05, 4.69) is 0 Å². The van der Waals surface area contributed by atoms with Gasteiger partial charge in [-0.25, -0.2) is 0 Å². The van der Waals surface area contributed by atoms with E-state index in [1.54, 1.807) is 9.80 Å². The molecule has 0 aromatic rings. The van der Waals surface area contributed by atoms with Crippen LogP contribution in [0.1, 0.15) is 0 Å². The third-order valence-corrected chi connectivity index (χ3v) is 2.12. The van der Waals surface area contributed by atoms with Crippen LogP contribution in [0.2, 0.25) is 0 Å². The van der Waals surface area contributed by atoms with E-state index in [0.29, 0.717) is 10.3 Å². The van der Waals surface area contributed by atoms with Crippen molar-refractivity contribution in [3.8, 4) is 0 Å². The van der Waals surface area contributed by atoms with E-state index in [9.17, 15) is 0 Å². The number of rotatable bonds is 0. The second kappa shape index (κ2) is 5.57. The Hall–Kier alpha value is 0.950. The summed E-state index contributed by atoms with van der Waals surface area (Å²) in [5.41, 5.74) is 0. The smallest absolute Gasteiger partial charge is 0.494 e. The molecule has 1 aliphatic rings. The van der Waals surface area contributed by atoms with E-state index in [4.69, 9.17) is 23.2 Å². The molecule has 0 fully saturated rings. The van der Waals surface area contributed by atoms with Crippen molar-refractivity contribution < 1.29 is 22.4 Å². The summed E-state index contributed by atoms with van der Waals surface area (Å²) in [5.74, 6) is 0. The van der Waals surface area contributed by atoms with Crippen molar-refractivity contribution in [3.05, 3.63) is 17.0 Å². The van der Waals surface area contributed by atoms with Gasteiger partial charge in [-0.15, -0.1) is 12.4 Å². The van der Waals surface area contributed by atoms with Crippen molar-refractivity contribution in [2.24, 2.45) is 0 Å². The molecule has 2 nitrogen and oxygen atoms in total. The molecule has 0 spiro atoms. The Morgan fingerprint density at radius 1 is 1.09 bits per heavy atom. The van der Waals surface area contributed by atoms with Crippen LogP contribution in [-0.2, 0) is 22.4 Å². The van der Waals surface area contributed by atoms with Crippen molar-refractivity contribution in [1.29, 1.82) is 0 Å². The zero-order valence-electron chi connectivity index (χ0n) is 5.94. The second-order valence-electron chi connectivity index (χ2n) is 1.92. The van der Waals surface area contributed by atoms with Crippen molar-refractivity contribution in [1.82, 2.24) is 9.80 Å². The minimum Gasteiger partial charge on any atom is -0.494 e. The molecule has 0 aromatic heterocycles. The molecular formula is C5H8AgCl3N2. The summed E-state index contributed by atoms with van der Waals surface area (Å²) in [5, 5.41) is 1.14. The standard InChI is InChI=1S/C5H7Cl2N2.Ag.ClH/c1-8-3-9(2)5(7)4(8)6;;/h3H,1-2H3;;1H/q-1;+1;. The van der Waals surface area contributed by atoms with Gasteiger partial charge in [0.05, 0.1) is 0 Å². The number of nitrogens with zero attached hydrogens (tertiary/aromatic N) is 2. The van der Waals surface area contributed by atoms with Gasteiger partial charge in [0.15, 0.2) is 0 Å². The van der Waals surface area contributed by atoms with Gasteiger partial charge in [-0.2, -0.15) is 6.67 Å². The summed E-state index contributed by atoms with van der Waals surface area (Å²) in [4.78, 5) is 3.51. The molecule has 0 N–H and O–H groups in total. The molecule has 6 heteroatoms. The minimum absolute atomic E-state index is 0. The quantitative estimate of drug-likeness (QED) is 0.384. The zero-order valence-corrected chi connectivity index (χ0v) is 9.75. The fourth-order valence-corrected chi connectivity index (χ4v) is 1.01. The van der Waals surface area contributed by atoms with E-state index in [0.717, 1.165) is 0 Å². The Kier molecular flexibility index (Phi) is 7.33. The predicted molar refractivity (Wildman–Crippen MR) is 45.8 cm³/mol. The first-order valence-electron chi connectivity index (χ1n) is 2.49. The van der Waals surface area contributed by atoms with Crippen LogP contribution in [0.3, 0.4) is 0 Å². The van der Waals surface area contributed by atoms with Crippen LogP contribution >= 0.6 is 35.6 Å². The van der Waals surface area contributed by atoms with Crippen molar-refractivity contribution in [2.45, 2.75) is 0 Å². The van der Waals surface area contributed by atoms with Crippen LogP contribution in [0.25, 0.3) is 0 Å². The van der Waals surface area contributed by atoms with Gasteiger partial charge in [0, 0.05) is 0 Å². The molecule has 0 radical (unpaired) electrons. The molecule has 0 amide bonds. The second-order valence-corrected chi connectivity index (χ2v) is 2.63. The fraction of sp³-hybridized carbons (Fsp3) is 0.400. The van der Waals surface area contributed by atoms with Crippen LogP contribution in [0.4, 0.5) is 0 Å². The minimum atomic E-state index is 0. The topological polar surface area (TPSA) is 6.48 Å². The first-order chi connectivity index (χ1) is 4.13. The normalized spacial score (nSPS) is 16.4. The summed E-state index contributed by atoms with van der Waals surface area (Å²) in [6.07, 6.45) is 0. The van der Waals surface area contributed by atoms with Crippen LogP contribution < -0.4 is 0 Å². The van der Waals surface area contributed by atoms with E-state index in [1.807, 2.05) is 20.8 Å². The Bertz CT molecular complexity index is 146. The monoisotopic (exact) mass is 308 g/mol. The fourth-order valence-electron chi connectivity index (χ4n) is 0.652. The maximum absolute atomic E-state index is 5.71. The van der Waals surface area contributed by atoms with Crippen LogP contribution in [0.15, 0.2) is 10.3 Å². The van der Waals surface area contributed by atoms with E-state index in [1.165, 1.54) is 0 Å². The molecule has 1 rings (SSSR count). The molecule has 0 atom stereocenters. The molecule has 0 saturated carbocycles. The Morgan fingerprint density at radius 3 is 1.45 bits per heavy atom. The van der Waals surface area contributed by atoms with Crippen molar-refractivity contribution in [3.63, 3.8) is 0 Å². The molecule has 1 aliphatic heterocycles. The molecule has 0 bridgehead atoms. The molecule has 11 heavy (non-hydrogen) atoms. The summed E-state index contributed by atoms with van der Waals surface area (Å²) in [6.45, 7) is 1.81. The van der Waals surface area contributed by atoms with Gasteiger partial charge in [0.1, 0.15) is 10.3 Å². The average molecular weight is 310 g/mol. The predicted octanol–water partition coefficient (Wildman–Crippen LogP) is 2.01. The number of hydrogen-bond donors (Lipinski definition) is 0. The summed E-state index contributed by atoms with van der Waals surface area (Å²) in [6, 6.07) is 0. The first kappa shape index (κ1) is 14.5. The molecular weight excluding hydrogens is 302 g/mol. The number of halogens is 3. The van der Waals surface area contributed by atoms with E-state index >= 15 is 0 Å². The maximum atomic E-state index is 5.71. The van der Waals surface area contributed by atoms with E-state index < -0.39 is 0 Å². The van der Waals surface area contributed by atoms with Gasteiger partial charge in [-0.1, -0.05) is 23.2 Å². The summed E-state index contributed by atoms with van der Waals surface area (Å²) in [7, 11) is 3.68. The average Bonchev–Trinajstić information content (AvgIpc) is 1.98. The molecule has 70 valence electrons. The van der Waals surface area contributed by atoms with E-state index in [-0.39, 0.29) is 34.8 Å². The van der Waals surface area contributed by atoms with Crippen molar-refractivity contribution >= 4 is 35.6 Å². The summed E-state index contributed by atoms with van der Waals surface area (Å²) >= 11 is 11.4. The SMILES string of the molecule is CN1[CH-]N(C)C(Cl)=C1Cl.Cl.[Ag+]. The van der Waals surface area contributed by atoms with Gasteiger partial charge in [-0.3, -0.25) is 0 Å². The van der Waals surface area contributed by atoms with Gasteiger partial charge in [0.25, 0.3) is 0 Å². The number of hydrogen-bond acceptors (Lipinski definition) is 2. The third kappa shape index (κ3) is 3.05. The largest absolute Gasteiger partial charge is 1.00 e. The molecule has 0 saturated heterocycles. The van der Waals surface area contributed by atoms with Crippen LogP contribution in [0.5, 0.6) is 0 Å². The van der Waals surface area contributed by atoms with Crippen molar-refractivity contribution in [2.75, 3.05) is 14.1 Å². The third-order valence-electron chi connectivity index (χ3n) is 1.14. The molecule has 0 aromatic carbocycles. The first-order valence-corrected chi connectivity index (χ1v) is 3.24. The zero-order chi connectivity index (χ0) is 7.02. The van der Waals surface area contributed by atoms with Crippen LogP contribution in [0, 0.1) is 6.67 Å².